The molecule has 1 saturated heterocycles. The van der Waals surface area contributed by atoms with Gasteiger partial charge in [-0.05, 0) is 38.5 Å². The molecule has 1 aromatic rings. The lowest BCUT2D eigenvalue weighted by atomic mass is 9.76. The van der Waals surface area contributed by atoms with E-state index in [-0.39, 0.29) is 17.4 Å². The van der Waals surface area contributed by atoms with Crippen LogP contribution in [0.4, 0.5) is 0 Å². The third-order valence-corrected chi connectivity index (χ3v) is 5.90. The zero-order chi connectivity index (χ0) is 14.9. The molecule has 0 radical (unpaired) electrons. The Bertz CT molecular complexity index is 516. The molecule has 1 aromatic heterocycles. The van der Waals surface area contributed by atoms with E-state index < -0.39 is 0 Å². The van der Waals surface area contributed by atoms with Crippen molar-refractivity contribution in [3.63, 3.8) is 0 Å². The van der Waals surface area contributed by atoms with Crippen molar-refractivity contribution in [2.24, 2.45) is 5.41 Å². The number of amides is 1. The SMILES string of the molecule is CCCc1nc(C(=O)N2CCC[C@]3(CCC[C@H]3O)C2)cs1. The lowest BCUT2D eigenvalue weighted by Crippen LogP contribution is -2.49. The molecule has 0 bridgehead atoms. The van der Waals surface area contributed by atoms with Crippen LogP contribution in [0.25, 0.3) is 0 Å². The van der Waals surface area contributed by atoms with Gasteiger partial charge in [0.2, 0.25) is 0 Å². The number of likely N-dealkylation sites (tertiary alicyclic amines) is 1. The molecule has 1 saturated carbocycles. The van der Waals surface area contributed by atoms with Gasteiger partial charge in [-0.1, -0.05) is 13.3 Å². The van der Waals surface area contributed by atoms with Crippen molar-refractivity contribution in [3.05, 3.63) is 16.1 Å². The summed E-state index contributed by atoms with van der Waals surface area (Å²) >= 11 is 1.58. The van der Waals surface area contributed by atoms with Crippen molar-refractivity contribution in [1.82, 2.24) is 9.88 Å². The second-order valence-electron chi connectivity index (χ2n) is 6.48. The van der Waals surface area contributed by atoms with E-state index in [9.17, 15) is 9.90 Å². The second kappa shape index (κ2) is 6.05. The van der Waals surface area contributed by atoms with Crippen LogP contribution in [0.5, 0.6) is 0 Å². The molecule has 1 N–H and O–H groups in total. The number of hydrogen-bond acceptors (Lipinski definition) is 4. The molecular weight excluding hydrogens is 284 g/mol. The Morgan fingerprint density at radius 3 is 3.05 bits per heavy atom. The highest BCUT2D eigenvalue weighted by molar-refractivity contribution is 7.09. The Labute approximate surface area is 130 Å². The predicted molar refractivity (Wildman–Crippen MR) is 83.5 cm³/mol. The minimum Gasteiger partial charge on any atom is -0.392 e. The number of rotatable bonds is 3. The van der Waals surface area contributed by atoms with E-state index in [0.29, 0.717) is 12.2 Å². The summed E-state index contributed by atoms with van der Waals surface area (Å²) in [6, 6.07) is 0. The second-order valence-corrected chi connectivity index (χ2v) is 7.42. The number of thiazole rings is 1. The van der Waals surface area contributed by atoms with Crippen molar-refractivity contribution < 1.29 is 9.90 Å². The zero-order valence-corrected chi connectivity index (χ0v) is 13.5. The van der Waals surface area contributed by atoms with Gasteiger partial charge in [0.05, 0.1) is 11.1 Å². The summed E-state index contributed by atoms with van der Waals surface area (Å²) in [4.78, 5) is 19.0. The molecule has 4 nitrogen and oxygen atoms in total. The Balaban J connectivity index is 1.72. The minimum absolute atomic E-state index is 0.0455. The van der Waals surface area contributed by atoms with E-state index in [1.54, 1.807) is 11.3 Å². The predicted octanol–water partition coefficient (Wildman–Crippen LogP) is 2.86. The average Bonchev–Trinajstić information content (AvgIpc) is 3.08. The molecule has 2 atom stereocenters. The molecule has 1 spiro atoms. The number of aliphatic hydroxyl groups excluding tert-OH is 1. The summed E-state index contributed by atoms with van der Waals surface area (Å²) in [7, 11) is 0. The number of aryl methyl sites for hydroxylation is 1. The third kappa shape index (κ3) is 2.86. The largest absolute Gasteiger partial charge is 0.392 e. The van der Waals surface area contributed by atoms with E-state index in [1.165, 1.54) is 0 Å². The summed E-state index contributed by atoms with van der Waals surface area (Å²) in [5.74, 6) is 0.0479. The summed E-state index contributed by atoms with van der Waals surface area (Å²) in [6.45, 7) is 3.63. The Morgan fingerprint density at radius 2 is 2.33 bits per heavy atom. The molecule has 2 fully saturated rings. The monoisotopic (exact) mass is 308 g/mol. The normalized spacial score (nSPS) is 29.2. The molecule has 1 aliphatic carbocycles. The van der Waals surface area contributed by atoms with Crippen molar-refractivity contribution in [1.29, 1.82) is 0 Å². The molecule has 5 heteroatoms. The van der Waals surface area contributed by atoms with Crippen molar-refractivity contribution in [3.8, 4) is 0 Å². The third-order valence-electron chi connectivity index (χ3n) is 4.99. The van der Waals surface area contributed by atoms with Crippen LogP contribution in [0.3, 0.4) is 0 Å². The topological polar surface area (TPSA) is 53.4 Å². The van der Waals surface area contributed by atoms with E-state index in [2.05, 4.69) is 11.9 Å². The highest BCUT2D eigenvalue weighted by Gasteiger charge is 2.45. The van der Waals surface area contributed by atoms with Gasteiger partial charge in [0.25, 0.3) is 5.91 Å². The number of carbonyl (C=O) groups excluding carboxylic acids is 1. The maximum Gasteiger partial charge on any atom is 0.273 e. The number of aliphatic hydroxyl groups is 1. The van der Waals surface area contributed by atoms with Crippen molar-refractivity contribution in [2.45, 2.75) is 58.0 Å². The molecule has 1 amide bonds. The lowest BCUT2D eigenvalue weighted by molar-refractivity contribution is -0.00553. The number of nitrogens with zero attached hydrogens (tertiary/aromatic N) is 2. The number of carbonyl (C=O) groups is 1. The fourth-order valence-corrected chi connectivity index (χ4v) is 4.70. The summed E-state index contributed by atoms with van der Waals surface area (Å²) < 4.78 is 0. The fraction of sp³-hybridized carbons (Fsp3) is 0.750. The van der Waals surface area contributed by atoms with Crippen molar-refractivity contribution in [2.75, 3.05) is 13.1 Å². The van der Waals surface area contributed by atoms with Gasteiger partial charge in [0, 0.05) is 23.9 Å². The fourth-order valence-electron chi connectivity index (χ4n) is 3.83. The van der Waals surface area contributed by atoms with E-state index in [0.717, 1.165) is 56.5 Å². The van der Waals surface area contributed by atoms with E-state index in [4.69, 9.17) is 0 Å². The van der Waals surface area contributed by atoms with E-state index >= 15 is 0 Å². The molecular formula is C16H24N2O2S. The van der Waals surface area contributed by atoms with Gasteiger partial charge < -0.3 is 10.0 Å². The Morgan fingerprint density at radius 1 is 1.52 bits per heavy atom. The van der Waals surface area contributed by atoms with Crippen LogP contribution in [0, 0.1) is 5.41 Å². The molecule has 2 heterocycles. The maximum atomic E-state index is 12.7. The van der Waals surface area contributed by atoms with Crippen molar-refractivity contribution >= 4 is 17.2 Å². The summed E-state index contributed by atoms with van der Waals surface area (Å²) in [6.07, 6.45) is 6.83. The summed E-state index contributed by atoms with van der Waals surface area (Å²) in [5, 5.41) is 13.2. The van der Waals surface area contributed by atoms with Gasteiger partial charge >= 0.3 is 0 Å². The highest BCUT2D eigenvalue weighted by Crippen LogP contribution is 2.45. The molecule has 1 aliphatic heterocycles. The molecule has 3 rings (SSSR count). The minimum atomic E-state index is -0.237. The van der Waals surface area contributed by atoms with Crippen LogP contribution in [-0.4, -0.2) is 40.1 Å². The first-order chi connectivity index (χ1) is 10.1. The molecule has 21 heavy (non-hydrogen) atoms. The first-order valence-corrected chi connectivity index (χ1v) is 8.94. The molecule has 2 aliphatic rings. The average molecular weight is 308 g/mol. The van der Waals surface area contributed by atoms with E-state index in [1.807, 2.05) is 10.3 Å². The van der Waals surface area contributed by atoms with Gasteiger partial charge in [0.1, 0.15) is 5.69 Å². The molecule has 116 valence electrons. The van der Waals surface area contributed by atoms with Crippen LogP contribution >= 0.6 is 11.3 Å². The van der Waals surface area contributed by atoms with Crippen LogP contribution in [0.15, 0.2) is 5.38 Å². The Hall–Kier alpha value is -0.940. The van der Waals surface area contributed by atoms with Gasteiger partial charge in [-0.2, -0.15) is 0 Å². The maximum absolute atomic E-state index is 12.7. The molecule has 0 aromatic carbocycles. The smallest absolute Gasteiger partial charge is 0.273 e. The van der Waals surface area contributed by atoms with Crippen LogP contribution in [0.1, 0.15) is 60.9 Å². The number of aromatic nitrogens is 1. The first-order valence-electron chi connectivity index (χ1n) is 8.06. The Kier molecular flexibility index (Phi) is 4.31. The highest BCUT2D eigenvalue weighted by atomic mass is 32.1. The quantitative estimate of drug-likeness (QED) is 0.934. The number of hydrogen-bond donors (Lipinski definition) is 1. The van der Waals surface area contributed by atoms with Gasteiger partial charge in [-0.15, -0.1) is 11.3 Å². The standard InChI is InChI=1S/C16H24N2O2S/c1-2-5-14-17-12(10-21-14)15(20)18-9-4-8-16(11-18)7-3-6-13(16)19/h10,13,19H,2-9,11H2,1H3/t13-,16-/m1/s1. The number of piperidine rings is 1. The van der Waals surface area contributed by atoms with Crippen LogP contribution < -0.4 is 0 Å². The van der Waals surface area contributed by atoms with Gasteiger partial charge in [-0.25, -0.2) is 4.98 Å². The first kappa shape index (κ1) is 15.0. The van der Waals surface area contributed by atoms with Crippen LogP contribution in [-0.2, 0) is 6.42 Å². The zero-order valence-electron chi connectivity index (χ0n) is 12.7. The lowest BCUT2D eigenvalue weighted by Gasteiger charge is -2.42. The van der Waals surface area contributed by atoms with Crippen LogP contribution in [0.2, 0.25) is 0 Å². The van der Waals surface area contributed by atoms with Gasteiger partial charge in [0.15, 0.2) is 0 Å². The van der Waals surface area contributed by atoms with Gasteiger partial charge in [-0.3, -0.25) is 4.79 Å². The molecule has 0 unspecified atom stereocenters. The summed E-state index contributed by atoms with van der Waals surface area (Å²) in [5.41, 5.74) is 0.545.